The van der Waals surface area contributed by atoms with Crippen molar-refractivity contribution in [3.63, 3.8) is 0 Å². The summed E-state index contributed by atoms with van der Waals surface area (Å²) in [5, 5.41) is 9.68. The molecule has 0 radical (unpaired) electrons. The summed E-state index contributed by atoms with van der Waals surface area (Å²) in [6.07, 6.45) is 0.892. The van der Waals surface area contributed by atoms with Crippen LogP contribution in [0.15, 0.2) is 17.0 Å². The van der Waals surface area contributed by atoms with Crippen molar-refractivity contribution >= 4 is 21.6 Å². The second-order valence-corrected chi connectivity index (χ2v) is 8.34. The van der Waals surface area contributed by atoms with Gasteiger partial charge in [-0.2, -0.15) is 4.31 Å². The largest absolute Gasteiger partial charge is 0.392 e. The third-order valence-corrected chi connectivity index (χ3v) is 6.56. The summed E-state index contributed by atoms with van der Waals surface area (Å²) in [5.41, 5.74) is 1.13. The highest BCUT2D eigenvalue weighted by Crippen LogP contribution is 2.32. The van der Waals surface area contributed by atoms with Gasteiger partial charge < -0.3 is 5.11 Å². The van der Waals surface area contributed by atoms with E-state index in [0.29, 0.717) is 41.1 Å². The SMILES string of the molecule is Cc1c(CO)cc(Cl)cc1S(=O)(=O)N1CCC(C(C)C)C1. The number of sulfonamides is 1. The lowest BCUT2D eigenvalue weighted by Gasteiger charge is -2.20. The Morgan fingerprint density at radius 2 is 2.10 bits per heavy atom. The van der Waals surface area contributed by atoms with E-state index in [2.05, 4.69) is 13.8 Å². The number of rotatable bonds is 4. The smallest absolute Gasteiger partial charge is 0.243 e. The minimum atomic E-state index is -3.55. The molecule has 0 aromatic heterocycles. The maximum absolute atomic E-state index is 12.8. The van der Waals surface area contributed by atoms with E-state index in [1.807, 2.05) is 0 Å². The van der Waals surface area contributed by atoms with Crippen LogP contribution in [0.3, 0.4) is 0 Å². The molecule has 1 aromatic carbocycles. The zero-order valence-corrected chi connectivity index (χ0v) is 14.2. The fourth-order valence-corrected chi connectivity index (χ4v) is 4.91. The molecular weight excluding hydrogens is 310 g/mol. The van der Waals surface area contributed by atoms with Crippen LogP contribution in [-0.4, -0.2) is 30.9 Å². The molecule has 0 bridgehead atoms. The molecule has 1 fully saturated rings. The van der Waals surface area contributed by atoms with Crippen LogP contribution in [0.1, 0.15) is 31.4 Å². The van der Waals surface area contributed by atoms with E-state index in [1.54, 1.807) is 13.0 Å². The van der Waals surface area contributed by atoms with E-state index in [0.717, 1.165) is 6.42 Å². The van der Waals surface area contributed by atoms with Crippen LogP contribution in [-0.2, 0) is 16.6 Å². The standard InChI is InChI=1S/C15H22ClNO3S/c1-10(2)12-4-5-17(8-12)21(19,20)15-7-14(16)6-13(9-18)11(15)3/h6-7,10,12,18H,4-5,8-9H2,1-3H3. The van der Waals surface area contributed by atoms with Gasteiger partial charge in [0.1, 0.15) is 0 Å². The average Bonchev–Trinajstić information content (AvgIpc) is 2.91. The highest BCUT2D eigenvalue weighted by molar-refractivity contribution is 7.89. The second-order valence-electron chi connectivity index (χ2n) is 6.00. The van der Waals surface area contributed by atoms with Crippen molar-refractivity contribution in [1.82, 2.24) is 4.31 Å². The molecule has 1 atom stereocenters. The van der Waals surface area contributed by atoms with Crippen LogP contribution in [0.5, 0.6) is 0 Å². The predicted octanol–water partition coefficient (Wildman–Crippen LogP) is 2.81. The maximum atomic E-state index is 12.8. The number of aliphatic hydroxyl groups is 1. The zero-order chi connectivity index (χ0) is 15.8. The molecule has 1 aliphatic rings. The molecule has 0 spiro atoms. The van der Waals surface area contributed by atoms with Gasteiger partial charge in [-0.1, -0.05) is 25.4 Å². The van der Waals surface area contributed by atoms with Crippen molar-refractivity contribution in [3.05, 3.63) is 28.3 Å². The highest BCUT2D eigenvalue weighted by Gasteiger charge is 2.34. The van der Waals surface area contributed by atoms with Gasteiger partial charge in [0.25, 0.3) is 0 Å². The highest BCUT2D eigenvalue weighted by atomic mass is 35.5. The molecular formula is C15H22ClNO3S. The summed E-state index contributed by atoms with van der Waals surface area (Å²) in [4.78, 5) is 0.212. The van der Waals surface area contributed by atoms with Gasteiger partial charge in [-0.25, -0.2) is 8.42 Å². The van der Waals surface area contributed by atoms with Crippen molar-refractivity contribution in [2.75, 3.05) is 13.1 Å². The van der Waals surface area contributed by atoms with E-state index >= 15 is 0 Å². The first-order valence-electron chi connectivity index (χ1n) is 7.17. The number of halogens is 1. The van der Waals surface area contributed by atoms with Crippen LogP contribution in [0.4, 0.5) is 0 Å². The van der Waals surface area contributed by atoms with Gasteiger partial charge in [0.05, 0.1) is 11.5 Å². The van der Waals surface area contributed by atoms with E-state index in [-0.39, 0.29) is 11.5 Å². The molecule has 2 rings (SSSR count). The molecule has 1 saturated heterocycles. The summed E-state index contributed by atoms with van der Waals surface area (Å²) < 4.78 is 27.2. The summed E-state index contributed by atoms with van der Waals surface area (Å²) in [7, 11) is -3.55. The summed E-state index contributed by atoms with van der Waals surface area (Å²) >= 11 is 6.00. The molecule has 1 aliphatic heterocycles. The zero-order valence-electron chi connectivity index (χ0n) is 12.6. The van der Waals surface area contributed by atoms with Gasteiger partial charge in [0.2, 0.25) is 10.0 Å². The van der Waals surface area contributed by atoms with Crippen LogP contribution in [0.25, 0.3) is 0 Å². The van der Waals surface area contributed by atoms with E-state index in [9.17, 15) is 13.5 Å². The Morgan fingerprint density at radius 1 is 1.43 bits per heavy atom. The number of nitrogens with zero attached hydrogens (tertiary/aromatic N) is 1. The molecule has 1 unspecified atom stereocenters. The van der Waals surface area contributed by atoms with Gasteiger partial charge in [-0.05, 0) is 48.4 Å². The summed E-state index contributed by atoms with van der Waals surface area (Å²) in [6, 6.07) is 3.09. The molecule has 0 aliphatic carbocycles. The number of hydrogen-bond acceptors (Lipinski definition) is 3. The van der Waals surface area contributed by atoms with E-state index in [4.69, 9.17) is 11.6 Å². The molecule has 1 heterocycles. The Kier molecular flexibility index (Phi) is 4.98. The lowest BCUT2D eigenvalue weighted by molar-refractivity contribution is 0.280. The Hall–Kier alpha value is -0.620. The molecule has 118 valence electrons. The maximum Gasteiger partial charge on any atom is 0.243 e. The normalized spacial score (nSPS) is 20.4. The third-order valence-electron chi connectivity index (χ3n) is 4.35. The van der Waals surface area contributed by atoms with Crippen LogP contribution >= 0.6 is 11.6 Å². The third kappa shape index (κ3) is 3.26. The summed E-state index contributed by atoms with van der Waals surface area (Å²) in [6.45, 7) is 6.84. The Bertz CT molecular complexity index is 628. The lowest BCUT2D eigenvalue weighted by Crippen LogP contribution is -2.30. The quantitative estimate of drug-likeness (QED) is 0.923. The van der Waals surface area contributed by atoms with Crippen molar-refractivity contribution in [2.45, 2.75) is 38.7 Å². The molecule has 0 saturated carbocycles. The van der Waals surface area contributed by atoms with Crippen LogP contribution in [0, 0.1) is 18.8 Å². The van der Waals surface area contributed by atoms with Crippen molar-refractivity contribution in [2.24, 2.45) is 11.8 Å². The van der Waals surface area contributed by atoms with E-state index < -0.39 is 10.0 Å². The second kappa shape index (κ2) is 6.24. The molecule has 0 amide bonds. The first-order chi connectivity index (χ1) is 9.77. The van der Waals surface area contributed by atoms with Gasteiger partial charge in [-0.3, -0.25) is 0 Å². The van der Waals surface area contributed by atoms with Gasteiger partial charge in [-0.15, -0.1) is 0 Å². The fourth-order valence-electron chi connectivity index (χ4n) is 2.80. The molecule has 4 nitrogen and oxygen atoms in total. The Labute approximate surface area is 131 Å². The van der Waals surface area contributed by atoms with Crippen LogP contribution < -0.4 is 0 Å². The number of hydrogen-bond donors (Lipinski definition) is 1. The van der Waals surface area contributed by atoms with Crippen LogP contribution in [0.2, 0.25) is 5.02 Å². The minimum Gasteiger partial charge on any atom is -0.392 e. The molecule has 21 heavy (non-hydrogen) atoms. The monoisotopic (exact) mass is 331 g/mol. The summed E-state index contributed by atoms with van der Waals surface area (Å²) in [5.74, 6) is 0.871. The lowest BCUT2D eigenvalue weighted by atomic mass is 9.96. The van der Waals surface area contributed by atoms with Crippen molar-refractivity contribution in [3.8, 4) is 0 Å². The molecule has 1 N–H and O–H groups in total. The molecule has 1 aromatic rings. The van der Waals surface area contributed by atoms with Crippen molar-refractivity contribution in [1.29, 1.82) is 0 Å². The van der Waals surface area contributed by atoms with E-state index in [1.165, 1.54) is 10.4 Å². The number of aliphatic hydroxyl groups excluding tert-OH is 1. The topological polar surface area (TPSA) is 57.6 Å². The van der Waals surface area contributed by atoms with Gasteiger partial charge >= 0.3 is 0 Å². The Balaban J connectivity index is 2.39. The first kappa shape index (κ1) is 16.7. The number of benzene rings is 1. The Morgan fingerprint density at radius 3 is 2.62 bits per heavy atom. The first-order valence-corrected chi connectivity index (χ1v) is 8.99. The van der Waals surface area contributed by atoms with Crippen molar-refractivity contribution < 1.29 is 13.5 Å². The molecule has 6 heteroatoms. The minimum absolute atomic E-state index is 0.212. The predicted molar refractivity (Wildman–Crippen MR) is 83.8 cm³/mol. The van der Waals surface area contributed by atoms with Gasteiger partial charge in [0.15, 0.2) is 0 Å². The van der Waals surface area contributed by atoms with Gasteiger partial charge in [0, 0.05) is 18.1 Å². The fraction of sp³-hybridized carbons (Fsp3) is 0.600. The average molecular weight is 332 g/mol.